The van der Waals surface area contributed by atoms with Gasteiger partial charge in [-0.05, 0) is 32.0 Å². The summed E-state index contributed by atoms with van der Waals surface area (Å²) in [7, 11) is 1.86. The number of aromatic nitrogens is 1. The van der Waals surface area contributed by atoms with Crippen LogP contribution < -0.4 is 5.73 Å². The molecule has 19 heavy (non-hydrogen) atoms. The topological polar surface area (TPSA) is 82.8 Å². The maximum absolute atomic E-state index is 11.7. The van der Waals surface area contributed by atoms with Gasteiger partial charge in [-0.1, -0.05) is 5.16 Å². The molecule has 0 spiro atoms. The van der Waals surface area contributed by atoms with E-state index in [0.29, 0.717) is 17.0 Å². The van der Waals surface area contributed by atoms with Gasteiger partial charge < -0.3 is 19.6 Å². The number of carbonyl (C=O) groups is 1. The fraction of sp³-hybridized carbons (Fsp3) is 0.231. The minimum absolute atomic E-state index is 0.144. The van der Waals surface area contributed by atoms with Crippen molar-refractivity contribution in [2.24, 2.45) is 17.9 Å². The van der Waals surface area contributed by atoms with E-state index in [4.69, 9.17) is 15.0 Å². The van der Waals surface area contributed by atoms with Crippen molar-refractivity contribution >= 4 is 11.8 Å². The van der Waals surface area contributed by atoms with E-state index >= 15 is 0 Å². The highest BCUT2D eigenvalue weighted by Gasteiger charge is 2.14. The fourth-order valence-corrected chi connectivity index (χ4v) is 1.65. The molecule has 6 heteroatoms. The van der Waals surface area contributed by atoms with E-state index in [2.05, 4.69) is 5.16 Å². The lowest BCUT2D eigenvalue weighted by Crippen LogP contribution is -2.19. The Hall–Kier alpha value is -2.50. The third-order valence-electron chi connectivity index (χ3n) is 2.94. The number of carbonyl (C=O) groups excluding carboxylic acids is 1. The highest BCUT2D eigenvalue weighted by molar-refractivity contribution is 5.97. The maximum Gasteiger partial charge on any atom is 0.369 e. The lowest BCUT2D eigenvalue weighted by atomic mass is 10.3. The molecule has 0 saturated heterocycles. The molecule has 0 fully saturated rings. The highest BCUT2D eigenvalue weighted by Crippen LogP contribution is 2.11. The Kier molecular flexibility index (Phi) is 3.41. The van der Waals surface area contributed by atoms with Crippen molar-refractivity contribution in [2.45, 2.75) is 13.8 Å². The number of amidine groups is 1. The van der Waals surface area contributed by atoms with Crippen LogP contribution in [-0.4, -0.2) is 16.4 Å². The Morgan fingerprint density at radius 1 is 1.37 bits per heavy atom. The van der Waals surface area contributed by atoms with Gasteiger partial charge in [-0.3, -0.25) is 0 Å². The number of aryl methyl sites for hydroxylation is 2. The molecule has 0 bridgehead atoms. The highest BCUT2D eigenvalue weighted by atomic mass is 16.7. The van der Waals surface area contributed by atoms with Crippen molar-refractivity contribution in [1.29, 1.82) is 0 Å². The Bertz CT molecular complexity index is 637. The molecule has 0 amide bonds. The van der Waals surface area contributed by atoms with Gasteiger partial charge in [-0.25, -0.2) is 4.79 Å². The Morgan fingerprint density at radius 3 is 2.63 bits per heavy atom. The van der Waals surface area contributed by atoms with Crippen LogP contribution >= 0.6 is 0 Å². The van der Waals surface area contributed by atoms with Crippen molar-refractivity contribution in [1.82, 2.24) is 4.57 Å². The first-order valence-electron chi connectivity index (χ1n) is 5.72. The molecule has 0 unspecified atom stereocenters. The summed E-state index contributed by atoms with van der Waals surface area (Å²) in [6.45, 7) is 3.61. The third kappa shape index (κ3) is 2.52. The van der Waals surface area contributed by atoms with Crippen LogP contribution in [-0.2, 0) is 11.9 Å². The first kappa shape index (κ1) is 12.9. The van der Waals surface area contributed by atoms with Crippen molar-refractivity contribution in [3.05, 3.63) is 47.2 Å². The molecule has 6 nitrogen and oxygen atoms in total. The van der Waals surface area contributed by atoms with Gasteiger partial charge in [0.2, 0.25) is 0 Å². The minimum atomic E-state index is -0.597. The van der Waals surface area contributed by atoms with E-state index in [1.54, 1.807) is 6.92 Å². The lowest BCUT2D eigenvalue weighted by Gasteiger charge is -2.03. The van der Waals surface area contributed by atoms with E-state index in [1.165, 1.54) is 12.3 Å². The number of hydrogen-bond donors (Lipinski definition) is 1. The number of nitrogens with two attached hydrogens (primary N) is 1. The summed E-state index contributed by atoms with van der Waals surface area (Å²) in [5, 5.41) is 3.65. The average Bonchev–Trinajstić information content (AvgIpc) is 2.94. The molecule has 0 aliphatic carbocycles. The minimum Gasteiger partial charge on any atom is -0.469 e. The molecule has 0 aromatic carbocycles. The van der Waals surface area contributed by atoms with Gasteiger partial charge >= 0.3 is 5.97 Å². The number of rotatable bonds is 3. The molecular weight excluding hydrogens is 246 g/mol. The molecular formula is C13H15N3O3. The second-order valence-electron chi connectivity index (χ2n) is 4.16. The maximum atomic E-state index is 11.7. The molecule has 2 aromatic rings. The summed E-state index contributed by atoms with van der Waals surface area (Å²) in [6, 6.07) is 5.24. The largest absolute Gasteiger partial charge is 0.469 e. The number of nitrogens with zero attached hydrogens (tertiary/aromatic N) is 2. The SMILES string of the molecule is Cc1occc1C(=O)O/N=C(/N)c1ccc(C)n1C. The quantitative estimate of drug-likeness (QED) is 0.394. The normalized spacial score (nSPS) is 11.6. The molecule has 100 valence electrons. The Labute approximate surface area is 110 Å². The predicted octanol–water partition coefficient (Wildman–Crippen LogP) is 1.71. The van der Waals surface area contributed by atoms with Crippen LogP contribution in [0, 0.1) is 13.8 Å². The molecule has 2 N–H and O–H groups in total. The molecule has 0 aliphatic rings. The van der Waals surface area contributed by atoms with E-state index in [9.17, 15) is 4.79 Å². The first-order chi connectivity index (χ1) is 9.00. The Morgan fingerprint density at radius 2 is 2.11 bits per heavy atom. The predicted molar refractivity (Wildman–Crippen MR) is 69.7 cm³/mol. The smallest absolute Gasteiger partial charge is 0.369 e. The summed E-state index contributed by atoms with van der Waals surface area (Å²) >= 11 is 0. The molecule has 0 aliphatic heterocycles. The first-order valence-corrected chi connectivity index (χ1v) is 5.72. The number of oxime groups is 1. The van der Waals surface area contributed by atoms with Gasteiger partial charge in [0.25, 0.3) is 0 Å². The van der Waals surface area contributed by atoms with Gasteiger partial charge in [0.1, 0.15) is 11.3 Å². The summed E-state index contributed by atoms with van der Waals surface area (Å²) in [5.41, 5.74) is 7.83. The summed E-state index contributed by atoms with van der Waals surface area (Å²) in [4.78, 5) is 16.5. The average molecular weight is 261 g/mol. The summed E-state index contributed by atoms with van der Waals surface area (Å²) < 4.78 is 6.87. The van der Waals surface area contributed by atoms with E-state index in [1.807, 2.05) is 30.7 Å². The van der Waals surface area contributed by atoms with Gasteiger partial charge in [0.15, 0.2) is 5.84 Å². The molecule has 0 saturated carbocycles. The molecule has 2 heterocycles. The van der Waals surface area contributed by atoms with Crippen LogP contribution in [0.5, 0.6) is 0 Å². The van der Waals surface area contributed by atoms with E-state index in [-0.39, 0.29) is 5.84 Å². The van der Waals surface area contributed by atoms with Crippen LogP contribution in [0.2, 0.25) is 0 Å². The van der Waals surface area contributed by atoms with Gasteiger partial charge in [-0.15, -0.1) is 0 Å². The third-order valence-corrected chi connectivity index (χ3v) is 2.94. The van der Waals surface area contributed by atoms with Crippen molar-refractivity contribution in [2.75, 3.05) is 0 Å². The van der Waals surface area contributed by atoms with Crippen LogP contribution in [0.3, 0.4) is 0 Å². The van der Waals surface area contributed by atoms with Crippen LogP contribution in [0.4, 0.5) is 0 Å². The number of hydrogen-bond acceptors (Lipinski definition) is 4. The summed E-state index contributed by atoms with van der Waals surface area (Å²) in [5.74, 6) is 0.0266. The fourth-order valence-electron chi connectivity index (χ4n) is 1.65. The molecule has 2 rings (SSSR count). The summed E-state index contributed by atoms with van der Waals surface area (Å²) in [6.07, 6.45) is 1.42. The van der Waals surface area contributed by atoms with Crippen molar-refractivity contribution < 1.29 is 14.0 Å². The van der Waals surface area contributed by atoms with Crippen molar-refractivity contribution in [3.63, 3.8) is 0 Å². The zero-order valence-corrected chi connectivity index (χ0v) is 11.0. The van der Waals surface area contributed by atoms with Gasteiger partial charge in [0.05, 0.1) is 12.0 Å². The molecule has 0 radical (unpaired) electrons. The van der Waals surface area contributed by atoms with Crippen LogP contribution in [0.25, 0.3) is 0 Å². The standard InChI is InChI=1S/C13H15N3O3/c1-8-4-5-11(16(8)3)12(14)15-19-13(17)10-6-7-18-9(10)2/h4-7H,1-3H3,(H2,14,15). The van der Waals surface area contributed by atoms with Crippen LogP contribution in [0.15, 0.2) is 34.0 Å². The second-order valence-corrected chi connectivity index (χ2v) is 4.16. The van der Waals surface area contributed by atoms with E-state index < -0.39 is 5.97 Å². The monoisotopic (exact) mass is 261 g/mol. The van der Waals surface area contributed by atoms with Crippen LogP contribution in [0.1, 0.15) is 27.5 Å². The van der Waals surface area contributed by atoms with E-state index in [0.717, 1.165) is 5.69 Å². The van der Waals surface area contributed by atoms with Gasteiger partial charge in [-0.2, -0.15) is 0 Å². The lowest BCUT2D eigenvalue weighted by molar-refractivity contribution is 0.0514. The van der Waals surface area contributed by atoms with Gasteiger partial charge in [0, 0.05) is 12.7 Å². The second kappa shape index (κ2) is 5.01. The van der Waals surface area contributed by atoms with Crippen molar-refractivity contribution in [3.8, 4) is 0 Å². The molecule has 2 aromatic heterocycles. The molecule has 0 atom stereocenters. The number of furan rings is 1. The Balaban J connectivity index is 2.13. The zero-order valence-electron chi connectivity index (χ0n) is 11.0. The zero-order chi connectivity index (χ0) is 14.0.